The monoisotopic (exact) mass is 438 g/mol. The molecule has 3 rings (SSSR count). The Morgan fingerprint density at radius 3 is 3.00 bits per heavy atom. The van der Waals surface area contributed by atoms with E-state index in [1.165, 1.54) is 0 Å². The molecule has 0 radical (unpaired) electrons. The molecule has 2 N–H and O–H groups in total. The predicted molar refractivity (Wildman–Crippen MR) is 103 cm³/mol. The molecule has 0 aromatic heterocycles. The van der Waals surface area contributed by atoms with Gasteiger partial charge in [0.05, 0.1) is 23.0 Å². The SMILES string of the molecule is O=C(CCCOc1cccc(Br)c1)Nc1cc2c(cc1Cl)NC(=O)CO2. The van der Waals surface area contributed by atoms with Crippen LogP contribution in [0.3, 0.4) is 0 Å². The quantitative estimate of drug-likeness (QED) is 0.660. The first-order valence-corrected chi connectivity index (χ1v) is 9.13. The zero-order valence-electron chi connectivity index (χ0n) is 13.7. The van der Waals surface area contributed by atoms with E-state index < -0.39 is 0 Å². The van der Waals surface area contributed by atoms with E-state index in [1.807, 2.05) is 24.3 Å². The number of rotatable bonds is 6. The van der Waals surface area contributed by atoms with Gasteiger partial charge in [-0.05, 0) is 30.7 Å². The topological polar surface area (TPSA) is 76.7 Å². The molecule has 0 saturated carbocycles. The lowest BCUT2D eigenvalue weighted by Crippen LogP contribution is -2.25. The average Bonchev–Trinajstić information content (AvgIpc) is 2.60. The third kappa shape index (κ3) is 4.89. The Morgan fingerprint density at radius 1 is 1.35 bits per heavy atom. The van der Waals surface area contributed by atoms with E-state index in [9.17, 15) is 9.59 Å². The zero-order valence-corrected chi connectivity index (χ0v) is 16.0. The van der Waals surface area contributed by atoms with Crippen LogP contribution in [-0.4, -0.2) is 25.0 Å². The molecule has 2 aromatic carbocycles. The Morgan fingerprint density at radius 2 is 2.19 bits per heavy atom. The second-order valence-corrected chi connectivity index (χ2v) is 6.95. The molecule has 2 amide bonds. The summed E-state index contributed by atoms with van der Waals surface area (Å²) >= 11 is 9.54. The molecule has 2 aromatic rings. The molecular formula is C18H16BrClN2O4. The van der Waals surface area contributed by atoms with Crippen LogP contribution in [-0.2, 0) is 9.59 Å². The van der Waals surface area contributed by atoms with Crippen LogP contribution in [0.2, 0.25) is 5.02 Å². The average molecular weight is 440 g/mol. The fourth-order valence-electron chi connectivity index (χ4n) is 2.39. The summed E-state index contributed by atoms with van der Waals surface area (Å²) in [5, 5.41) is 5.74. The number of hydrogen-bond acceptors (Lipinski definition) is 4. The molecule has 8 heteroatoms. The Kier molecular flexibility index (Phi) is 6.00. The number of anilines is 2. The van der Waals surface area contributed by atoms with Crippen LogP contribution in [0.25, 0.3) is 0 Å². The largest absolute Gasteiger partial charge is 0.494 e. The first kappa shape index (κ1) is 18.5. The summed E-state index contributed by atoms with van der Waals surface area (Å²) in [6.07, 6.45) is 0.854. The molecule has 26 heavy (non-hydrogen) atoms. The summed E-state index contributed by atoms with van der Waals surface area (Å²) in [6.45, 7) is 0.367. The fraction of sp³-hybridized carbons (Fsp3) is 0.222. The number of carbonyl (C=O) groups excluding carboxylic acids is 2. The number of ether oxygens (including phenoxy) is 2. The minimum Gasteiger partial charge on any atom is -0.494 e. The van der Waals surface area contributed by atoms with Gasteiger partial charge in [0.2, 0.25) is 5.91 Å². The van der Waals surface area contributed by atoms with Crippen LogP contribution in [0, 0.1) is 0 Å². The van der Waals surface area contributed by atoms with Crippen molar-refractivity contribution in [3.63, 3.8) is 0 Å². The number of fused-ring (bicyclic) bond motifs is 1. The molecule has 0 aliphatic carbocycles. The van der Waals surface area contributed by atoms with E-state index in [1.54, 1.807) is 12.1 Å². The van der Waals surface area contributed by atoms with Crippen molar-refractivity contribution in [2.45, 2.75) is 12.8 Å². The lowest BCUT2D eigenvalue weighted by atomic mass is 10.2. The third-order valence-electron chi connectivity index (χ3n) is 3.59. The van der Waals surface area contributed by atoms with Crippen molar-refractivity contribution in [3.05, 3.63) is 45.9 Å². The number of benzene rings is 2. The van der Waals surface area contributed by atoms with Gasteiger partial charge in [-0.3, -0.25) is 9.59 Å². The Labute approximate surface area is 163 Å². The lowest BCUT2D eigenvalue weighted by Gasteiger charge is -2.19. The molecule has 136 valence electrons. The molecule has 0 fully saturated rings. The third-order valence-corrected chi connectivity index (χ3v) is 4.40. The van der Waals surface area contributed by atoms with Crippen molar-refractivity contribution in [1.29, 1.82) is 0 Å². The Hall–Kier alpha value is -2.25. The molecule has 0 spiro atoms. The summed E-state index contributed by atoms with van der Waals surface area (Å²) in [7, 11) is 0. The van der Waals surface area contributed by atoms with Gasteiger partial charge in [-0.15, -0.1) is 0 Å². The zero-order chi connectivity index (χ0) is 18.5. The number of amides is 2. The maximum absolute atomic E-state index is 12.1. The maximum Gasteiger partial charge on any atom is 0.262 e. The van der Waals surface area contributed by atoms with Gasteiger partial charge in [0, 0.05) is 17.0 Å². The highest BCUT2D eigenvalue weighted by molar-refractivity contribution is 9.10. The molecule has 0 atom stereocenters. The fourth-order valence-corrected chi connectivity index (χ4v) is 2.98. The van der Waals surface area contributed by atoms with Gasteiger partial charge in [0.15, 0.2) is 6.61 Å². The Balaban J connectivity index is 1.50. The second-order valence-electron chi connectivity index (χ2n) is 5.62. The summed E-state index contributed by atoms with van der Waals surface area (Å²) in [5.41, 5.74) is 0.936. The minimum atomic E-state index is -0.240. The summed E-state index contributed by atoms with van der Waals surface area (Å²) < 4.78 is 11.9. The summed E-state index contributed by atoms with van der Waals surface area (Å²) in [4.78, 5) is 23.4. The van der Waals surface area contributed by atoms with Gasteiger partial charge in [-0.1, -0.05) is 33.6 Å². The minimum absolute atomic E-state index is 0.0606. The van der Waals surface area contributed by atoms with E-state index >= 15 is 0 Å². The smallest absolute Gasteiger partial charge is 0.262 e. The van der Waals surface area contributed by atoms with Crippen molar-refractivity contribution in [2.24, 2.45) is 0 Å². The van der Waals surface area contributed by atoms with Crippen molar-refractivity contribution >= 4 is 50.7 Å². The molecule has 1 heterocycles. The van der Waals surface area contributed by atoms with Crippen molar-refractivity contribution in [3.8, 4) is 11.5 Å². The Bertz CT molecular complexity index is 844. The van der Waals surface area contributed by atoms with Crippen LogP contribution in [0.4, 0.5) is 11.4 Å². The van der Waals surface area contributed by atoms with Gasteiger partial charge < -0.3 is 20.1 Å². The first-order chi connectivity index (χ1) is 12.5. The molecule has 1 aliphatic heterocycles. The normalized spacial score (nSPS) is 12.6. The van der Waals surface area contributed by atoms with Crippen LogP contribution in [0.5, 0.6) is 11.5 Å². The van der Waals surface area contributed by atoms with E-state index in [2.05, 4.69) is 26.6 Å². The van der Waals surface area contributed by atoms with Crippen LogP contribution >= 0.6 is 27.5 Å². The van der Waals surface area contributed by atoms with Gasteiger partial charge >= 0.3 is 0 Å². The number of nitrogens with one attached hydrogen (secondary N) is 2. The summed E-state index contributed by atoms with van der Waals surface area (Å²) in [6, 6.07) is 10.7. The van der Waals surface area contributed by atoms with Crippen LogP contribution < -0.4 is 20.1 Å². The van der Waals surface area contributed by atoms with Crippen LogP contribution in [0.15, 0.2) is 40.9 Å². The van der Waals surface area contributed by atoms with Gasteiger partial charge in [-0.25, -0.2) is 0 Å². The summed E-state index contributed by atoms with van der Waals surface area (Å²) in [5.74, 6) is 0.805. The molecule has 0 saturated heterocycles. The first-order valence-electron chi connectivity index (χ1n) is 7.95. The highest BCUT2D eigenvalue weighted by Crippen LogP contribution is 2.36. The van der Waals surface area contributed by atoms with Gasteiger partial charge in [0.1, 0.15) is 11.5 Å². The number of carbonyl (C=O) groups is 2. The van der Waals surface area contributed by atoms with E-state index in [0.29, 0.717) is 41.6 Å². The molecule has 0 unspecified atom stereocenters. The number of hydrogen-bond donors (Lipinski definition) is 2. The maximum atomic E-state index is 12.1. The second kappa shape index (κ2) is 8.42. The molecule has 6 nitrogen and oxygen atoms in total. The van der Waals surface area contributed by atoms with Crippen LogP contribution in [0.1, 0.15) is 12.8 Å². The lowest BCUT2D eigenvalue weighted by molar-refractivity contribution is -0.118. The van der Waals surface area contributed by atoms with E-state index in [4.69, 9.17) is 21.1 Å². The van der Waals surface area contributed by atoms with E-state index in [-0.39, 0.29) is 18.4 Å². The molecule has 1 aliphatic rings. The highest BCUT2D eigenvalue weighted by atomic mass is 79.9. The standard InChI is InChI=1S/C18H16BrClN2O4/c19-11-3-1-4-12(7-11)25-6-2-5-17(23)21-14-9-16-15(8-13(14)20)22-18(24)10-26-16/h1,3-4,7-9H,2,5-6,10H2,(H,21,23)(H,22,24). The van der Waals surface area contributed by atoms with Crippen molar-refractivity contribution < 1.29 is 19.1 Å². The number of halogens is 2. The molecular weight excluding hydrogens is 424 g/mol. The predicted octanol–water partition coefficient (Wildman–Crippen LogP) is 4.23. The van der Waals surface area contributed by atoms with Gasteiger partial charge in [-0.2, -0.15) is 0 Å². The molecule has 0 bridgehead atoms. The highest BCUT2D eigenvalue weighted by Gasteiger charge is 2.19. The van der Waals surface area contributed by atoms with E-state index in [0.717, 1.165) is 10.2 Å². The van der Waals surface area contributed by atoms with Crippen molar-refractivity contribution in [2.75, 3.05) is 23.8 Å². The van der Waals surface area contributed by atoms with Crippen molar-refractivity contribution in [1.82, 2.24) is 0 Å². The van der Waals surface area contributed by atoms with Gasteiger partial charge in [0.25, 0.3) is 5.91 Å².